The summed E-state index contributed by atoms with van der Waals surface area (Å²) in [6, 6.07) is 12.1. The molecule has 0 spiro atoms. The molecule has 0 amide bonds. The summed E-state index contributed by atoms with van der Waals surface area (Å²) in [5.41, 5.74) is 3.24. The number of hydrogen-bond donors (Lipinski definition) is 1. The van der Waals surface area contributed by atoms with Crippen LogP contribution >= 0.6 is 0 Å². The normalized spacial score (nSPS) is 17.4. The Balaban J connectivity index is 1.73. The molecule has 2 aromatic carbocycles. The van der Waals surface area contributed by atoms with Gasteiger partial charge in [-0.05, 0) is 54.5 Å². The van der Waals surface area contributed by atoms with Gasteiger partial charge in [0, 0.05) is 18.3 Å². The third-order valence-corrected chi connectivity index (χ3v) is 3.91. The SMILES string of the molecule is Fc1cc(F)cc(CCC2CCNc3ccccc32)c1. The number of halogens is 2. The first-order valence-corrected chi connectivity index (χ1v) is 7.00. The van der Waals surface area contributed by atoms with Crippen LogP contribution in [0.25, 0.3) is 0 Å². The van der Waals surface area contributed by atoms with Gasteiger partial charge in [-0.1, -0.05) is 18.2 Å². The highest BCUT2D eigenvalue weighted by Crippen LogP contribution is 2.34. The van der Waals surface area contributed by atoms with Gasteiger partial charge in [0.15, 0.2) is 0 Å². The van der Waals surface area contributed by atoms with Crippen LogP contribution in [0.1, 0.15) is 29.9 Å². The molecule has 3 rings (SSSR count). The molecule has 1 atom stereocenters. The summed E-state index contributed by atoms with van der Waals surface area (Å²) < 4.78 is 26.4. The van der Waals surface area contributed by atoms with Gasteiger partial charge in [-0.25, -0.2) is 8.78 Å². The van der Waals surface area contributed by atoms with Crippen molar-refractivity contribution in [2.24, 2.45) is 0 Å². The molecule has 0 fully saturated rings. The van der Waals surface area contributed by atoms with Crippen LogP contribution in [-0.4, -0.2) is 6.54 Å². The van der Waals surface area contributed by atoms with Crippen LogP contribution in [0.4, 0.5) is 14.5 Å². The minimum Gasteiger partial charge on any atom is -0.385 e. The van der Waals surface area contributed by atoms with Gasteiger partial charge in [0.2, 0.25) is 0 Å². The van der Waals surface area contributed by atoms with Crippen molar-refractivity contribution in [3.8, 4) is 0 Å². The molecule has 1 heterocycles. The van der Waals surface area contributed by atoms with Gasteiger partial charge in [0.25, 0.3) is 0 Å². The molecule has 0 saturated carbocycles. The molecule has 20 heavy (non-hydrogen) atoms. The second-order valence-corrected chi connectivity index (χ2v) is 5.32. The highest BCUT2D eigenvalue weighted by Gasteiger charge is 2.19. The quantitative estimate of drug-likeness (QED) is 0.868. The maximum absolute atomic E-state index is 13.2. The molecule has 104 valence electrons. The second kappa shape index (κ2) is 5.61. The number of hydrogen-bond acceptors (Lipinski definition) is 1. The summed E-state index contributed by atoms with van der Waals surface area (Å²) in [5.74, 6) is -0.532. The molecule has 3 heteroatoms. The summed E-state index contributed by atoms with van der Waals surface area (Å²) in [6.07, 6.45) is 2.68. The average molecular weight is 273 g/mol. The first-order valence-electron chi connectivity index (χ1n) is 7.00. The number of benzene rings is 2. The fourth-order valence-corrected chi connectivity index (χ4v) is 2.95. The molecule has 1 aliphatic heterocycles. The lowest BCUT2D eigenvalue weighted by Gasteiger charge is -2.26. The summed E-state index contributed by atoms with van der Waals surface area (Å²) in [5, 5.41) is 3.39. The Morgan fingerprint density at radius 3 is 2.60 bits per heavy atom. The van der Waals surface area contributed by atoms with E-state index >= 15 is 0 Å². The van der Waals surface area contributed by atoms with Gasteiger partial charge in [0.05, 0.1) is 0 Å². The van der Waals surface area contributed by atoms with Crippen LogP contribution in [0.3, 0.4) is 0 Å². The van der Waals surface area contributed by atoms with E-state index in [0.29, 0.717) is 12.3 Å². The first-order chi connectivity index (χ1) is 9.72. The topological polar surface area (TPSA) is 12.0 Å². The molecule has 1 unspecified atom stereocenters. The molecule has 1 aliphatic rings. The van der Waals surface area contributed by atoms with Crippen molar-refractivity contribution in [2.45, 2.75) is 25.2 Å². The Morgan fingerprint density at radius 1 is 1.05 bits per heavy atom. The monoisotopic (exact) mass is 273 g/mol. The Labute approximate surface area is 117 Å². The molecule has 0 aliphatic carbocycles. The van der Waals surface area contributed by atoms with E-state index in [-0.39, 0.29) is 0 Å². The zero-order valence-electron chi connectivity index (χ0n) is 11.2. The largest absolute Gasteiger partial charge is 0.385 e. The lowest BCUT2D eigenvalue weighted by molar-refractivity contribution is 0.562. The molecule has 1 N–H and O–H groups in total. The van der Waals surface area contributed by atoms with Crippen LogP contribution in [0.5, 0.6) is 0 Å². The zero-order chi connectivity index (χ0) is 13.9. The lowest BCUT2D eigenvalue weighted by atomic mass is 9.86. The van der Waals surface area contributed by atoms with Crippen molar-refractivity contribution in [2.75, 3.05) is 11.9 Å². The molecule has 2 aromatic rings. The van der Waals surface area contributed by atoms with Gasteiger partial charge in [0.1, 0.15) is 11.6 Å². The summed E-state index contributed by atoms with van der Waals surface area (Å²) in [6.45, 7) is 0.958. The summed E-state index contributed by atoms with van der Waals surface area (Å²) in [7, 11) is 0. The molecule has 1 nitrogen and oxygen atoms in total. The van der Waals surface area contributed by atoms with Crippen molar-refractivity contribution in [3.63, 3.8) is 0 Å². The van der Waals surface area contributed by atoms with E-state index in [4.69, 9.17) is 0 Å². The third kappa shape index (κ3) is 2.82. The summed E-state index contributed by atoms with van der Waals surface area (Å²) >= 11 is 0. The van der Waals surface area contributed by atoms with Crippen LogP contribution in [0.15, 0.2) is 42.5 Å². The van der Waals surface area contributed by atoms with Gasteiger partial charge in [-0.15, -0.1) is 0 Å². The Morgan fingerprint density at radius 2 is 1.80 bits per heavy atom. The van der Waals surface area contributed by atoms with E-state index in [9.17, 15) is 8.78 Å². The van der Waals surface area contributed by atoms with Crippen molar-refractivity contribution in [1.82, 2.24) is 0 Å². The van der Waals surface area contributed by atoms with Gasteiger partial charge < -0.3 is 5.32 Å². The maximum Gasteiger partial charge on any atom is 0.126 e. The molecule has 0 saturated heterocycles. The fraction of sp³-hybridized carbons (Fsp3) is 0.294. The Bertz CT molecular complexity index is 589. The number of fused-ring (bicyclic) bond motifs is 1. The third-order valence-electron chi connectivity index (χ3n) is 3.91. The van der Waals surface area contributed by atoms with Crippen molar-refractivity contribution in [3.05, 3.63) is 65.2 Å². The van der Waals surface area contributed by atoms with E-state index in [1.54, 1.807) is 0 Å². The fourth-order valence-electron chi connectivity index (χ4n) is 2.95. The Kier molecular flexibility index (Phi) is 3.68. The van der Waals surface area contributed by atoms with Crippen molar-refractivity contribution < 1.29 is 8.78 Å². The van der Waals surface area contributed by atoms with E-state index in [2.05, 4.69) is 17.4 Å². The van der Waals surface area contributed by atoms with Gasteiger partial charge in [-0.2, -0.15) is 0 Å². The van der Waals surface area contributed by atoms with E-state index < -0.39 is 11.6 Å². The smallest absolute Gasteiger partial charge is 0.126 e. The summed E-state index contributed by atoms with van der Waals surface area (Å²) in [4.78, 5) is 0. The number of para-hydroxylation sites is 1. The number of nitrogens with one attached hydrogen (secondary N) is 1. The van der Waals surface area contributed by atoms with E-state index in [1.807, 2.05) is 12.1 Å². The Hall–Kier alpha value is -1.90. The predicted molar refractivity (Wildman–Crippen MR) is 77.0 cm³/mol. The molecular weight excluding hydrogens is 256 g/mol. The van der Waals surface area contributed by atoms with Crippen LogP contribution < -0.4 is 5.32 Å². The second-order valence-electron chi connectivity index (χ2n) is 5.32. The van der Waals surface area contributed by atoms with Crippen molar-refractivity contribution >= 4 is 5.69 Å². The molecule has 0 bridgehead atoms. The lowest BCUT2D eigenvalue weighted by Crippen LogP contribution is -2.17. The van der Waals surface area contributed by atoms with E-state index in [0.717, 1.165) is 31.0 Å². The first kappa shape index (κ1) is 13.1. The number of aryl methyl sites for hydroxylation is 1. The van der Waals surface area contributed by atoms with Crippen LogP contribution in [0, 0.1) is 11.6 Å². The predicted octanol–water partition coefficient (Wildman–Crippen LogP) is 4.50. The van der Waals surface area contributed by atoms with Gasteiger partial charge in [-0.3, -0.25) is 0 Å². The number of rotatable bonds is 3. The minimum atomic E-state index is -0.495. The van der Waals surface area contributed by atoms with Crippen molar-refractivity contribution in [1.29, 1.82) is 0 Å². The van der Waals surface area contributed by atoms with E-state index in [1.165, 1.54) is 23.4 Å². The maximum atomic E-state index is 13.2. The highest BCUT2D eigenvalue weighted by atomic mass is 19.1. The average Bonchev–Trinajstić information content (AvgIpc) is 2.44. The van der Waals surface area contributed by atoms with Crippen LogP contribution in [-0.2, 0) is 6.42 Å². The molecule has 0 radical (unpaired) electrons. The highest BCUT2D eigenvalue weighted by molar-refractivity contribution is 5.54. The zero-order valence-corrected chi connectivity index (χ0v) is 11.2. The minimum absolute atomic E-state index is 0.457. The van der Waals surface area contributed by atoms with Crippen LogP contribution in [0.2, 0.25) is 0 Å². The molecular formula is C17H17F2N. The number of anilines is 1. The van der Waals surface area contributed by atoms with Gasteiger partial charge >= 0.3 is 0 Å². The molecule has 0 aromatic heterocycles. The standard InChI is InChI=1S/C17H17F2N/c18-14-9-12(10-15(19)11-14)5-6-13-7-8-20-17-4-2-1-3-16(13)17/h1-4,9-11,13,20H,5-8H2.